The van der Waals surface area contributed by atoms with Gasteiger partial charge < -0.3 is 10.1 Å². The molecule has 0 saturated heterocycles. The summed E-state index contributed by atoms with van der Waals surface area (Å²) in [4.78, 5) is 16.6. The zero-order chi connectivity index (χ0) is 20.9. The number of nitrogens with one attached hydrogen (secondary N) is 1. The molecule has 6 nitrogen and oxygen atoms in total. The van der Waals surface area contributed by atoms with Gasteiger partial charge in [0, 0.05) is 12.4 Å². The highest BCUT2D eigenvalue weighted by Crippen LogP contribution is 2.39. The molecule has 3 aromatic rings. The van der Waals surface area contributed by atoms with Crippen molar-refractivity contribution in [1.29, 1.82) is 0 Å². The van der Waals surface area contributed by atoms with Crippen LogP contribution in [-0.4, -0.2) is 23.3 Å². The first kappa shape index (κ1) is 20.2. The lowest BCUT2D eigenvalue weighted by Crippen LogP contribution is -2.36. The number of hydrogen-bond donors (Lipinski definition) is 2. The quantitative estimate of drug-likeness (QED) is 0.440. The van der Waals surface area contributed by atoms with E-state index in [-0.39, 0.29) is 0 Å². The summed E-state index contributed by atoms with van der Waals surface area (Å²) in [6.45, 7) is 0.354. The molecule has 30 heavy (non-hydrogen) atoms. The normalized spacial score (nSPS) is 14.5. The minimum atomic E-state index is -0.555. The number of benzene rings is 2. The van der Waals surface area contributed by atoms with E-state index in [0.29, 0.717) is 29.0 Å². The Hall–Kier alpha value is -3.12. The molecule has 0 radical (unpaired) electrons. The summed E-state index contributed by atoms with van der Waals surface area (Å²) in [7, 11) is 1.50. The van der Waals surface area contributed by atoms with Crippen LogP contribution in [0.5, 0.6) is 5.75 Å². The van der Waals surface area contributed by atoms with Gasteiger partial charge in [0.2, 0.25) is 0 Å². The molecule has 0 spiro atoms. The van der Waals surface area contributed by atoms with E-state index in [4.69, 9.17) is 4.74 Å². The smallest absolute Gasteiger partial charge is 0.345 e. The number of aromatic nitrogens is 1. The topological polar surface area (TPSA) is 74.7 Å². The number of rotatable bonds is 5. The summed E-state index contributed by atoms with van der Waals surface area (Å²) in [5.41, 5.74) is 3.26. The zero-order valence-corrected chi connectivity index (χ0v) is 17.2. The Morgan fingerprint density at radius 1 is 1.13 bits per heavy atom. The van der Waals surface area contributed by atoms with Gasteiger partial charge in [-0.3, -0.25) is 5.21 Å². The van der Waals surface area contributed by atoms with Gasteiger partial charge in [0.15, 0.2) is 0 Å². The number of hydroxylamine groups is 1. The van der Waals surface area contributed by atoms with Gasteiger partial charge in [0.05, 0.1) is 16.9 Å². The number of para-hydroxylation sites is 1. The van der Waals surface area contributed by atoms with Crippen LogP contribution in [0.1, 0.15) is 49.3 Å². The number of hydrogen-bond acceptors (Lipinski definition) is 4. The first-order valence-corrected chi connectivity index (χ1v) is 10.5. The van der Waals surface area contributed by atoms with Crippen molar-refractivity contribution >= 4 is 22.6 Å². The van der Waals surface area contributed by atoms with Gasteiger partial charge in [0.25, 0.3) is 0 Å². The Morgan fingerprint density at radius 3 is 2.73 bits per heavy atom. The van der Waals surface area contributed by atoms with Crippen molar-refractivity contribution in [3.05, 3.63) is 65.9 Å². The average Bonchev–Trinajstić information content (AvgIpc) is 2.82. The van der Waals surface area contributed by atoms with Crippen molar-refractivity contribution in [3.8, 4) is 5.75 Å². The van der Waals surface area contributed by atoms with E-state index >= 15 is 0 Å². The highest BCUT2D eigenvalue weighted by atomic mass is 16.5. The third kappa shape index (κ3) is 4.39. The zero-order valence-electron chi connectivity index (χ0n) is 17.2. The van der Waals surface area contributed by atoms with E-state index < -0.39 is 6.03 Å². The summed E-state index contributed by atoms with van der Waals surface area (Å²) in [6.07, 6.45) is 5.63. The van der Waals surface area contributed by atoms with E-state index in [2.05, 4.69) is 10.3 Å². The van der Waals surface area contributed by atoms with Crippen molar-refractivity contribution in [2.45, 2.75) is 44.6 Å². The van der Waals surface area contributed by atoms with Crippen LogP contribution in [0.3, 0.4) is 0 Å². The fourth-order valence-electron chi connectivity index (χ4n) is 4.12. The molecular formula is C24H27N3O3. The van der Waals surface area contributed by atoms with Gasteiger partial charge in [-0.05, 0) is 54.7 Å². The molecule has 1 saturated carbocycles. The molecular weight excluding hydrogens is 378 g/mol. The van der Waals surface area contributed by atoms with Crippen LogP contribution in [0.4, 0.5) is 10.5 Å². The SMILES string of the molecule is CNC(=O)N(O)c1ccc(OCc2ccc3ccccc3n2)cc1C1CCCCC1. The lowest BCUT2D eigenvalue weighted by atomic mass is 9.83. The largest absolute Gasteiger partial charge is 0.487 e. The van der Waals surface area contributed by atoms with E-state index in [0.717, 1.165) is 47.8 Å². The Balaban J connectivity index is 1.57. The second kappa shape index (κ2) is 9.13. The maximum Gasteiger partial charge on any atom is 0.345 e. The minimum absolute atomic E-state index is 0.301. The first-order valence-electron chi connectivity index (χ1n) is 10.5. The highest BCUT2D eigenvalue weighted by Gasteiger charge is 2.24. The number of carbonyl (C=O) groups is 1. The van der Waals surface area contributed by atoms with Crippen molar-refractivity contribution in [1.82, 2.24) is 10.3 Å². The molecule has 1 heterocycles. The fourth-order valence-corrected chi connectivity index (χ4v) is 4.12. The summed E-state index contributed by atoms with van der Waals surface area (Å²) in [6, 6.07) is 17.0. The maximum absolute atomic E-state index is 12.0. The van der Waals surface area contributed by atoms with Gasteiger partial charge >= 0.3 is 6.03 Å². The van der Waals surface area contributed by atoms with E-state index in [1.54, 1.807) is 12.1 Å². The van der Waals surface area contributed by atoms with Crippen LogP contribution < -0.4 is 15.1 Å². The minimum Gasteiger partial charge on any atom is -0.487 e. The number of urea groups is 1. The summed E-state index contributed by atoms with van der Waals surface area (Å²) in [5, 5.41) is 14.6. The second-order valence-electron chi connectivity index (χ2n) is 7.71. The molecule has 0 aliphatic heterocycles. The van der Waals surface area contributed by atoms with E-state index in [1.165, 1.54) is 13.5 Å². The Morgan fingerprint density at radius 2 is 1.93 bits per heavy atom. The lowest BCUT2D eigenvalue weighted by Gasteiger charge is -2.27. The van der Waals surface area contributed by atoms with Crippen LogP contribution >= 0.6 is 0 Å². The molecule has 6 heteroatoms. The Kier molecular flexibility index (Phi) is 6.14. The first-order chi connectivity index (χ1) is 14.7. The number of fused-ring (bicyclic) bond motifs is 1. The van der Waals surface area contributed by atoms with Crippen molar-refractivity contribution in [3.63, 3.8) is 0 Å². The average molecular weight is 405 g/mol. The Labute approximate surface area is 176 Å². The molecule has 0 unspecified atom stereocenters. The molecule has 1 aromatic heterocycles. The molecule has 156 valence electrons. The molecule has 1 fully saturated rings. The van der Waals surface area contributed by atoms with Crippen molar-refractivity contribution < 1.29 is 14.7 Å². The van der Waals surface area contributed by atoms with E-state index in [9.17, 15) is 10.0 Å². The summed E-state index contributed by atoms with van der Waals surface area (Å²) in [5.74, 6) is 1.01. The summed E-state index contributed by atoms with van der Waals surface area (Å²) < 4.78 is 6.03. The summed E-state index contributed by atoms with van der Waals surface area (Å²) >= 11 is 0. The Bertz CT molecular complexity index is 1030. The van der Waals surface area contributed by atoms with Crippen LogP contribution in [0.2, 0.25) is 0 Å². The highest BCUT2D eigenvalue weighted by molar-refractivity contribution is 5.90. The third-order valence-electron chi connectivity index (χ3n) is 5.72. The fraction of sp³-hybridized carbons (Fsp3) is 0.333. The molecule has 4 rings (SSSR count). The van der Waals surface area contributed by atoms with Gasteiger partial charge in [-0.15, -0.1) is 0 Å². The molecule has 0 bridgehead atoms. The number of anilines is 1. The molecule has 2 N–H and O–H groups in total. The maximum atomic E-state index is 12.0. The predicted molar refractivity (Wildman–Crippen MR) is 117 cm³/mol. The number of pyridine rings is 1. The molecule has 1 aliphatic carbocycles. The van der Waals surface area contributed by atoms with Crippen molar-refractivity contribution in [2.75, 3.05) is 12.1 Å². The standard InChI is InChI=1S/C24H27N3O3/c1-25-24(28)27(29)23-14-13-20(15-21(23)17-7-3-2-4-8-17)30-16-19-12-11-18-9-5-6-10-22(18)26-19/h5-6,9-15,17,29H,2-4,7-8,16H2,1H3,(H,25,28). The van der Waals surface area contributed by atoms with Crippen LogP contribution in [-0.2, 0) is 6.61 Å². The molecule has 2 amide bonds. The van der Waals surface area contributed by atoms with Gasteiger partial charge in [-0.25, -0.2) is 9.78 Å². The van der Waals surface area contributed by atoms with Crippen LogP contribution in [0, 0.1) is 0 Å². The van der Waals surface area contributed by atoms with E-state index in [1.807, 2.05) is 42.5 Å². The number of nitrogens with zero attached hydrogens (tertiary/aromatic N) is 2. The number of amides is 2. The van der Waals surface area contributed by atoms with Gasteiger partial charge in [-0.2, -0.15) is 5.06 Å². The van der Waals surface area contributed by atoms with Gasteiger partial charge in [0.1, 0.15) is 12.4 Å². The van der Waals surface area contributed by atoms with Crippen LogP contribution in [0.15, 0.2) is 54.6 Å². The van der Waals surface area contributed by atoms with Crippen LogP contribution in [0.25, 0.3) is 10.9 Å². The predicted octanol–water partition coefficient (Wildman–Crippen LogP) is 5.40. The third-order valence-corrected chi connectivity index (χ3v) is 5.72. The monoisotopic (exact) mass is 405 g/mol. The molecule has 0 atom stereocenters. The number of carbonyl (C=O) groups excluding carboxylic acids is 1. The van der Waals surface area contributed by atoms with Crippen molar-refractivity contribution in [2.24, 2.45) is 0 Å². The number of ether oxygens (including phenoxy) is 1. The lowest BCUT2D eigenvalue weighted by molar-refractivity contribution is 0.206. The second-order valence-corrected chi connectivity index (χ2v) is 7.71. The van der Waals surface area contributed by atoms with Gasteiger partial charge in [-0.1, -0.05) is 43.5 Å². The molecule has 2 aromatic carbocycles. The molecule has 1 aliphatic rings.